The molecule has 0 atom stereocenters. The molecular weight excluding hydrogens is 366 g/mol. The van der Waals surface area contributed by atoms with Gasteiger partial charge >= 0.3 is 0 Å². The summed E-state index contributed by atoms with van der Waals surface area (Å²) in [5.74, 6) is 0.886. The second kappa shape index (κ2) is 8.99. The van der Waals surface area contributed by atoms with Crippen LogP contribution < -0.4 is 10.1 Å². The fourth-order valence-corrected chi connectivity index (χ4v) is 3.45. The van der Waals surface area contributed by atoms with E-state index < -0.39 is 0 Å². The number of aromatic nitrogens is 3. The lowest BCUT2D eigenvalue weighted by Gasteiger charge is -2.30. The highest BCUT2D eigenvalue weighted by atomic mass is 16.5. The summed E-state index contributed by atoms with van der Waals surface area (Å²) < 4.78 is 6.18. The van der Waals surface area contributed by atoms with E-state index in [2.05, 4.69) is 26.6 Å². The second-order valence-corrected chi connectivity index (χ2v) is 7.90. The normalized spacial score (nSPS) is 18.9. The summed E-state index contributed by atoms with van der Waals surface area (Å²) >= 11 is 0. The third kappa shape index (κ3) is 4.89. The molecule has 0 saturated heterocycles. The average Bonchev–Trinajstić information content (AvgIpc) is 2.73. The molecule has 1 aromatic carbocycles. The molecule has 7 heteroatoms. The van der Waals surface area contributed by atoms with Gasteiger partial charge in [-0.15, -0.1) is 5.10 Å². The summed E-state index contributed by atoms with van der Waals surface area (Å²) in [5, 5.41) is 20.2. The van der Waals surface area contributed by atoms with Crippen molar-refractivity contribution < 1.29 is 9.53 Å². The highest BCUT2D eigenvalue weighted by Gasteiger charge is 2.25. The molecule has 0 unspecified atom stereocenters. The standard InChI is InChI=1S/C22H27N5O2/c1-13(2)19-12-24-21(27-26-19)22(28)25-17-6-8-18(9-7-17)29-20-10-5-16(11-23)14(3)15(20)4/h5,10,12-13,17-18H,6-9H2,1-4H3,(H,25,28). The number of hydrogen-bond acceptors (Lipinski definition) is 6. The number of rotatable bonds is 5. The first-order chi connectivity index (χ1) is 13.9. The summed E-state index contributed by atoms with van der Waals surface area (Å²) in [6, 6.07) is 5.97. The Balaban J connectivity index is 1.52. The van der Waals surface area contributed by atoms with E-state index in [4.69, 9.17) is 10.00 Å². The van der Waals surface area contributed by atoms with Gasteiger partial charge in [0.15, 0.2) is 0 Å². The van der Waals surface area contributed by atoms with Gasteiger partial charge in [-0.25, -0.2) is 4.98 Å². The van der Waals surface area contributed by atoms with Crippen LogP contribution in [0.15, 0.2) is 18.3 Å². The first-order valence-corrected chi connectivity index (χ1v) is 10.1. The van der Waals surface area contributed by atoms with Crippen LogP contribution in [0.1, 0.15) is 78.5 Å². The molecule has 1 aromatic heterocycles. The Bertz CT molecular complexity index is 910. The SMILES string of the molecule is Cc1c(C#N)ccc(OC2CCC(NC(=O)c3ncc(C(C)C)nn3)CC2)c1C. The molecule has 0 spiro atoms. The number of benzene rings is 1. The van der Waals surface area contributed by atoms with E-state index in [1.165, 1.54) is 0 Å². The van der Waals surface area contributed by atoms with Crippen molar-refractivity contribution in [1.29, 1.82) is 5.26 Å². The molecular formula is C22H27N5O2. The Morgan fingerprint density at radius 2 is 1.90 bits per heavy atom. The van der Waals surface area contributed by atoms with Gasteiger partial charge in [-0.05, 0) is 68.7 Å². The van der Waals surface area contributed by atoms with Crippen molar-refractivity contribution >= 4 is 5.91 Å². The van der Waals surface area contributed by atoms with Gasteiger partial charge in [0.1, 0.15) is 5.75 Å². The van der Waals surface area contributed by atoms with Crippen LogP contribution in [0.5, 0.6) is 5.75 Å². The predicted molar refractivity (Wildman–Crippen MR) is 109 cm³/mol. The third-order valence-corrected chi connectivity index (χ3v) is 5.53. The maximum absolute atomic E-state index is 12.4. The van der Waals surface area contributed by atoms with Crippen molar-refractivity contribution in [3.05, 3.63) is 46.5 Å². The van der Waals surface area contributed by atoms with Gasteiger partial charge in [-0.3, -0.25) is 4.79 Å². The van der Waals surface area contributed by atoms with Crippen LogP contribution in [-0.2, 0) is 0 Å². The molecule has 1 aliphatic rings. The molecule has 1 aliphatic carbocycles. The van der Waals surface area contributed by atoms with E-state index in [-0.39, 0.29) is 29.8 Å². The Kier molecular flexibility index (Phi) is 6.42. The van der Waals surface area contributed by atoms with E-state index in [9.17, 15) is 4.79 Å². The number of carbonyl (C=O) groups excluding carboxylic acids is 1. The van der Waals surface area contributed by atoms with E-state index in [0.29, 0.717) is 5.56 Å². The zero-order chi connectivity index (χ0) is 21.0. The second-order valence-electron chi connectivity index (χ2n) is 7.90. The maximum Gasteiger partial charge on any atom is 0.291 e. The number of nitrogens with zero attached hydrogens (tertiary/aromatic N) is 4. The van der Waals surface area contributed by atoms with Gasteiger partial charge in [-0.1, -0.05) is 13.8 Å². The number of carbonyl (C=O) groups is 1. The van der Waals surface area contributed by atoms with Gasteiger partial charge in [0, 0.05) is 6.04 Å². The van der Waals surface area contributed by atoms with Gasteiger partial charge in [-0.2, -0.15) is 10.4 Å². The molecule has 3 rings (SSSR count). The highest BCUT2D eigenvalue weighted by molar-refractivity contribution is 5.90. The minimum absolute atomic E-state index is 0.0829. The van der Waals surface area contributed by atoms with E-state index in [1.54, 1.807) is 6.20 Å². The number of amides is 1. The lowest BCUT2D eigenvalue weighted by atomic mass is 9.92. The maximum atomic E-state index is 12.4. The number of nitrogens with one attached hydrogen (secondary N) is 1. The lowest BCUT2D eigenvalue weighted by molar-refractivity contribution is 0.0882. The molecule has 0 bridgehead atoms. The monoisotopic (exact) mass is 393 g/mol. The Morgan fingerprint density at radius 1 is 1.17 bits per heavy atom. The van der Waals surface area contributed by atoms with E-state index >= 15 is 0 Å². The van der Waals surface area contributed by atoms with E-state index in [0.717, 1.165) is 48.3 Å². The minimum atomic E-state index is -0.282. The minimum Gasteiger partial charge on any atom is -0.490 e. The lowest BCUT2D eigenvalue weighted by Crippen LogP contribution is -2.40. The van der Waals surface area contributed by atoms with Crippen molar-refractivity contribution in [3.63, 3.8) is 0 Å². The molecule has 1 saturated carbocycles. The molecule has 2 aromatic rings. The summed E-state index contributed by atoms with van der Waals surface area (Å²) in [5.41, 5.74) is 3.42. The van der Waals surface area contributed by atoms with Crippen molar-refractivity contribution in [2.75, 3.05) is 0 Å². The summed E-state index contributed by atoms with van der Waals surface area (Å²) in [7, 11) is 0. The quantitative estimate of drug-likeness (QED) is 0.833. The van der Waals surface area contributed by atoms with Crippen LogP contribution in [0.2, 0.25) is 0 Å². The molecule has 1 N–H and O–H groups in total. The van der Waals surface area contributed by atoms with Gasteiger partial charge < -0.3 is 10.1 Å². The Labute approximate surface area is 171 Å². The van der Waals surface area contributed by atoms with Crippen LogP contribution >= 0.6 is 0 Å². The predicted octanol–water partition coefficient (Wildman–Crippen LogP) is 3.60. The zero-order valence-corrected chi connectivity index (χ0v) is 17.4. The zero-order valence-electron chi connectivity index (χ0n) is 17.4. The van der Waals surface area contributed by atoms with Crippen LogP contribution in [-0.4, -0.2) is 33.2 Å². The van der Waals surface area contributed by atoms with Crippen LogP contribution in [0, 0.1) is 25.2 Å². The van der Waals surface area contributed by atoms with Gasteiger partial charge in [0.05, 0.1) is 29.6 Å². The van der Waals surface area contributed by atoms with Gasteiger partial charge in [0.25, 0.3) is 5.91 Å². The largest absolute Gasteiger partial charge is 0.490 e. The summed E-state index contributed by atoms with van der Waals surface area (Å²) in [6.07, 6.45) is 5.10. The molecule has 0 aliphatic heterocycles. The Hall–Kier alpha value is -3.01. The average molecular weight is 393 g/mol. The molecule has 0 radical (unpaired) electrons. The number of hydrogen-bond donors (Lipinski definition) is 1. The molecule has 1 fully saturated rings. The van der Waals surface area contributed by atoms with E-state index in [1.807, 2.05) is 39.8 Å². The molecule has 1 heterocycles. The fraction of sp³-hybridized carbons (Fsp3) is 0.500. The topological polar surface area (TPSA) is 101 Å². The fourth-order valence-electron chi connectivity index (χ4n) is 3.45. The number of nitriles is 1. The smallest absolute Gasteiger partial charge is 0.291 e. The Morgan fingerprint density at radius 3 is 2.48 bits per heavy atom. The highest BCUT2D eigenvalue weighted by Crippen LogP contribution is 2.29. The summed E-state index contributed by atoms with van der Waals surface area (Å²) in [6.45, 7) is 7.94. The summed E-state index contributed by atoms with van der Waals surface area (Å²) in [4.78, 5) is 16.5. The number of ether oxygens (including phenoxy) is 1. The van der Waals surface area contributed by atoms with Gasteiger partial charge in [0.2, 0.25) is 5.82 Å². The molecule has 1 amide bonds. The molecule has 7 nitrogen and oxygen atoms in total. The molecule has 29 heavy (non-hydrogen) atoms. The van der Waals surface area contributed by atoms with Crippen molar-refractivity contribution in [3.8, 4) is 11.8 Å². The van der Waals surface area contributed by atoms with Crippen molar-refractivity contribution in [2.24, 2.45) is 0 Å². The molecule has 152 valence electrons. The van der Waals surface area contributed by atoms with Crippen molar-refractivity contribution in [2.45, 2.75) is 71.4 Å². The first kappa shape index (κ1) is 20.7. The third-order valence-electron chi connectivity index (χ3n) is 5.53. The van der Waals surface area contributed by atoms with Crippen LogP contribution in [0.3, 0.4) is 0 Å². The van der Waals surface area contributed by atoms with Crippen LogP contribution in [0.25, 0.3) is 0 Å². The first-order valence-electron chi connectivity index (χ1n) is 10.1. The van der Waals surface area contributed by atoms with Crippen LogP contribution in [0.4, 0.5) is 0 Å². The van der Waals surface area contributed by atoms with Crippen molar-refractivity contribution in [1.82, 2.24) is 20.5 Å².